The summed E-state index contributed by atoms with van der Waals surface area (Å²) in [6.45, 7) is 0. The van der Waals surface area contributed by atoms with Crippen LogP contribution >= 0.6 is 11.6 Å². The molecule has 0 fully saturated rings. The lowest BCUT2D eigenvalue weighted by atomic mass is 10.2. The minimum Gasteiger partial charge on any atom is -0.381 e. The molecule has 0 saturated carbocycles. The highest BCUT2D eigenvalue weighted by atomic mass is 35.5. The topological polar surface area (TPSA) is 52.0 Å². The van der Waals surface area contributed by atoms with Crippen molar-refractivity contribution in [3.8, 4) is 11.3 Å². The van der Waals surface area contributed by atoms with Crippen molar-refractivity contribution < 1.29 is 4.52 Å². The monoisotopic (exact) mass is 194 g/mol. The summed E-state index contributed by atoms with van der Waals surface area (Å²) in [5.41, 5.74) is 6.22. The molecule has 0 atom stereocenters. The van der Waals surface area contributed by atoms with E-state index in [0.29, 0.717) is 16.6 Å². The third-order valence-electron chi connectivity index (χ3n) is 1.67. The summed E-state index contributed by atoms with van der Waals surface area (Å²) < 4.78 is 4.97. The van der Waals surface area contributed by atoms with Crippen LogP contribution in [0.15, 0.2) is 34.9 Å². The molecule has 2 rings (SSSR count). The van der Waals surface area contributed by atoms with Crippen LogP contribution in [0.3, 0.4) is 0 Å². The van der Waals surface area contributed by atoms with Gasteiger partial charge >= 0.3 is 0 Å². The largest absolute Gasteiger partial charge is 0.381 e. The first kappa shape index (κ1) is 8.13. The summed E-state index contributed by atoms with van der Waals surface area (Å²) in [5.74, 6) is 0.943. The van der Waals surface area contributed by atoms with Gasteiger partial charge in [-0.25, -0.2) is 0 Å². The molecule has 0 radical (unpaired) electrons. The number of hydrogen-bond donors (Lipinski definition) is 1. The van der Waals surface area contributed by atoms with Crippen LogP contribution in [-0.2, 0) is 0 Å². The van der Waals surface area contributed by atoms with Crippen LogP contribution in [0, 0.1) is 0 Å². The lowest BCUT2D eigenvalue weighted by molar-refractivity contribution is 0.436. The summed E-state index contributed by atoms with van der Waals surface area (Å²) in [6.07, 6.45) is 0. The molecule has 66 valence electrons. The van der Waals surface area contributed by atoms with Crippen LogP contribution in [0.4, 0.5) is 5.82 Å². The van der Waals surface area contributed by atoms with Gasteiger partial charge in [0.25, 0.3) is 0 Å². The van der Waals surface area contributed by atoms with E-state index in [4.69, 9.17) is 21.9 Å². The lowest BCUT2D eigenvalue weighted by Crippen LogP contribution is -1.80. The van der Waals surface area contributed by atoms with Crippen molar-refractivity contribution in [2.24, 2.45) is 0 Å². The molecular formula is C9H7ClN2O. The van der Waals surface area contributed by atoms with Crippen LogP contribution in [0.5, 0.6) is 0 Å². The Bertz CT molecular complexity index is 425. The summed E-state index contributed by atoms with van der Waals surface area (Å²) in [6, 6.07) is 9.00. The third-order valence-corrected chi connectivity index (χ3v) is 2.00. The van der Waals surface area contributed by atoms with Gasteiger partial charge < -0.3 is 10.3 Å². The Morgan fingerprint density at radius 2 is 2.08 bits per heavy atom. The fraction of sp³-hybridized carbons (Fsp3) is 0. The molecule has 0 spiro atoms. The standard InChI is InChI=1S/C9H7ClN2O/c10-7-4-2-1-3-6(7)8-5-9(11)12-13-8/h1-5H,(H2,11,12). The van der Waals surface area contributed by atoms with Crippen molar-refractivity contribution in [2.75, 3.05) is 5.73 Å². The Kier molecular flexibility index (Phi) is 1.94. The second-order valence-corrected chi connectivity index (χ2v) is 3.00. The van der Waals surface area contributed by atoms with Crippen molar-refractivity contribution in [2.45, 2.75) is 0 Å². The van der Waals surface area contributed by atoms with E-state index in [0.717, 1.165) is 5.56 Å². The van der Waals surface area contributed by atoms with Gasteiger partial charge in [0.1, 0.15) is 0 Å². The molecule has 1 aromatic carbocycles. The minimum atomic E-state index is 0.356. The zero-order valence-electron chi connectivity index (χ0n) is 6.70. The molecule has 2 N–H and O–H groups in total. The van der Waals surface area contributed by atoms with Crippen molar-refractivity contribution in [3.63, 3.8) is 0 Å². The van der Waals surface area contributed by atoms with E-state index < -0.39 is 0 Å². The van der Waals surface area contributed by atoms with Crippen LogP contribution in [0.1, 0.15) is 0 Å². The van der Waals surface area contributed by atoms with Gasteiger partial charge in [0.05, 0.1) is 5.02 Å². The molecule has 4 heteroatoms. The Labute approximate surface area is 80.1 Å². The maximum absolute atomic E-state index is 5.94. The van der Waals surface area contributed by atoms with Crippen molar-refractivity contribution in [1.82, 2.24) is 5.16 Å². The molecule has 1 heterocycles. The molecule has 0 bridgehead atoms. The van der Waals surface area contributed by atoms with Crippen LogP contribution in [0.2, 0.25) is 5.02 Å². The Morgan fingerprint density at radius 1 is 1.31 bits per heavy atom. The molecule has 13 heavy (non-hydrogen) atoms. The van der Waals surface area contributed by atoms with Gasteiger partial charge in [-0.2, -0.15) is 0 Å². The van der Waals surface area contributed by atoms with E-state index in [1.165, 1.54) is 0 Å². The Hall–Kier alpha value is -1.48. The van der Waals surface area contributed by atoms with Crippen molar-refractivity contribution in [1.29, 1.82) is 0 Å². The fourth-order valence-corrected chi connectivity index (χ4v) is 1.31. The normalized spacial score (nSPS) is 10.2. The molecule has 3 nitrogen and oxygen atoms in total. The van der Waals surface area contributed by atoms with Crippen LogP contribution in [-0.4, -0.2) is 5.16 Å². The zero-order chi connectivity index (χ0) is 9.26. The van der Waals surface area contributed by atoms with Gasteiger partial charge in [-0.05, 0) is 12.1 Å². The van der Waals surface area contributed by atoms with Gasteiger partial charge in [0.15, 0.2) is 11.6 Å². The van der Waals surface area contributed by atoms with E-state index in [1.807, 2.05) is 18.2 Å². The van der Waals surface area contributed by atoms with Gasteiger partial charge in [-0.15, -0.1) is 0 Å². The van der Waals surface area contributed by atoms with Gasteiger partial charge in [-0.1, -0.05) is 28.9 Å². The molecule has 0 saturated heterocycles. The predicted octanol–water partition coefficient (Wildman–Crippen LogP) is 2.58. The predicted molar refractivity (Wildman–Crippen MR) is 51.4 cm³/mol. The maximum atomic E-state index is 5.94. The first-order valence-corrected chi connectivity index (χ1v) is 4.12. The summed E-state index contributed by atoms with van der Waals surface area (Å²) in [4.78, 5) is 0. The van der Waals surface area contributed by atoms with Gasteiger partial charge in [-0.3, -0.25) is 0 Å². The van der Waals surface area contributed by atoms with E-state index in [1.54, 1.807) is 12.1 Å². The molecule has 0 aliphatic carbocycles. The zero-order valence-corrected chi connectivity index (χ0v) is 7.45. The number of benzene rings is 1. The number of nitrogens with zero attached hydrogens (tertiary/aromatic N) is 1. The number of anilines is 1. The SMILES string of the molecule is Nc1cc(-c2ccccc2Cl)on1. The summed E-state index contributed by atoms with van der Waals surface area (Å²) >= 11 is 5.94. The van der Waals surface area contributed by atoms with Crippen LogP contribution < -0.4 is 5.73 Å². The first-order valence-electron chi connectivity index (χ1n) is 3.74. The van der Waals surface area contributed by atoms with Gasteiger partial charge in [0.2, 0.25) is 0 Å². The van der Waals surface area contributed by atoms with E-state index >= 15 is 0 Å². The Balaban J connectivity index is 2.52. The minimum absolute atomic E-state index is 0.356. The maximum Gasteiger partial charge on any atom is 0.170 e. The summed E-state index contributed by atoms with van der Waals surface area (Å²) in [5, 5.41) is 4.20. The second-order valence-electron chi connectivity index (χ2n) is 2.60. The molecule has 1 aromatic heterocycles. The quantitative estimate of drug-likeness (QED) is 0.759. The molecule has 0 unspecified atom stereocenters. The second kappa shape index (κ2) is 3.11. The number of rotatable bonds is 1. The number of halogens is 1. The van der Waals surface area contributed by atoms with Gasteiger partial charge in [0, 0.05) is 11.6 Å². The van der Waals surface area contributed by atoms with E-state index in [2.05, 4.69) is 5.16 Å². The Morgan fingerprint density at radius 3 is 2.69 bits per heavy atom. The highest BCUT2D eigenvalue weighted by molar-refractivity contribution is 6.33. The average Bonchev–Trinajstić information content (AvgIpc) is 2.53. The number of aromatic nitrogens is 1. The van der Waals surface area contributed by atoms with Crippen LogP contribution in [0.25, 0.3) is 11.3 Å². The van der Waals surface area contributed by atoms with E-state index in [-0.39, 0.29) is 0 Å². The molecule has 2 aromatic rings. The lowest BCUT2D eigenvalue weighted by Gasteiger charge is -1.96. The first-order chi connectivity index (χ1) is 6.27. The number of hydrogen-bond acceptors (Lipinski definition) is 3. The third kappa shape index (κ3) is 1.51. The fourth-order valence-electron chi connectivity index (χ4n) is 1.08. The van der Waals surface area contributed by atoms with Crippen molar-refractivity contribution >= 4 is 17.4 Å². The number of nitrogens with two attached hydrogens (primary N) is 1. The highest BCUT2D eigenvalue weighted by Crippen LogP contribution is 2.28. The average molecular weight is 195 g/mol. The molecular weight excluding hydrogens is 188 g/mol. The van der Waals surface area contributed by atoms with E-state index in [9.17, 15) is 0 Å². The smallest absolute Gasteiger partial charge is 0.170 e. The highest BCUT2D eigenvalue weighted by Gasteiger charge is 2.07. The van der Waals surface area contributed by atoms with Crippen molar-refractivity contribution in [3.05, 3.63) is 35.4 Å². The molecule has 0 aliphatic rings. The summed E-state index contributed by atoms with van der Waals surface area (Å²) in [7, 11) is 0. The molecule has 0 aliphatic heterocycles. The number of nitrogen functional groups attached to an aromatic ring is 1. The molecule has 0 amide bonds.